The van der Waals surface area contributed by atoms with Crippen molar-refractivity contribution in [3.8, 4) is 0 Å². The predicted molar refractivity (Wildman–Crippen MR) is 153 cm³/mol. The highest BCUT2D eigenvalue weighted by molar-refractivity contribution is 7.89. The smallest absolute Gasteiger partial charge is 0.238 e. The molecule has 2 aromatic heterocycles. The summed E-state index contributed by atoms with van der Waals surface area (Å²) < 4.78 is 37.3. The first-order valence-corrected chi connectivity index (χ1v) is 13.4. The minimum absolute atomic E-state index is 0. The summed E-state index contributed by atoms with van der Waals surface area (Å²) >= 11 is 0. The average Bonchev–Trinajstić information content (AvgIpc) is 3.31. The minimum atomic E-state index is -3.79. The predicted octanol–water partition coefficient (Wildman–Crippen LogP) is 4.84. The molecule has 0 spiro atoms. The van der Waals surface area contributed by atoms with Crippen LogP contribution in [-0.2, 0) is 23.0 Å². The summed E-state index contributed by atoms with van der Waals surface area (Å²) in [6.45, 7) is 2.30. The van der Waals surface area contributed by atoms with Gasteiger partial charge in [-0.05, 0) is 54.4 Å². The van der Waals surface area contributed by atoms with Crippen molar-refractivity contribution in [1.82, 2.24) is 19.9 Å². The Balaban J connectivity index is 0.00000353. The van der Waals surface area contributed by atoms with Crippen molar-refractivity contribution in [3.05, 3.63) is 101 Å². The summed E-state index contributed by atoms with van der Waals surface area (Å²) in [7, 11) is -1.89. The molecule has 0 bridgehead atoms. The number of hydrogen-bond acceptors (Lipinski definition) is 7. The molecular weight excluding hydrogens is 541 g/mol. The zero-order chi connectivity index (χ0) is 26.9. The van der Waals surface area contributed by atoms with Crippen LogP contribution in [0.15, 0.2) is 77.8 Å². The Kier molecular flexibility index (Phi) is 8.14. The summed E-state index contributed by atoms with van der Waals surface area (Å²) in [4.78, 5) is 18.9. The number of nitrogens with one attached hydrogen (secondary N) is 2. The molecule has 0 aliphatic heterocycles. The van der Waals surface area contributed by atoms with Gasteiger partial charge in [-0.25, -0.2) is 32.9 Å². The lowest BCUT2D eigenvalue weighted by Crippen LogP contribution is -2.13. The van der Waals surface area contributed by atoms with Crippen LogP contribution in [0.4, 0.5) is 21.8 Å². The van der Waals surface area contributed by atoms with Crippen molar-refractivity contribution >= 4 is 50.9 Å². The molecule has 0 aliphatic carbocycles. The second-order valence-corrected chi connectivity index (χ2v) is 10.5. The molecule has 5 rings (SSSR count). The van der Waals surface area contributed by atoms with Gasteiger partial charge in [0.15, 0.2) is 0 Å². The number of imidazole rings is 1. The number of benzene rings is 3. The first-order valence-electron chi connectivity index (χ1n) is 11.8. The van der Waals surface area contributed by atoms with E-state index in [4.69, 9.17) is 5.14 Å². The molecule has 0 aliphatic rings. The fourth-order valence-corrected chi connectivity index (χ4v) is 4.76. The highest BCUT2D eigenvalue weighted by Crippen LogP contribution is 2.29. The Labute approximate surface area is 231 Å². The van der Waals surface area contributed by atoms with Crippen molar-refractivity contribution in [2.24, 2.45) is 5.14 Å². The van der Waals surface area contributed by atoms with E-state index < -0.39 is 10.0 Å². The van der Waals surface area contributed by atoms with E-state index in [1.807, 2.05) is 31.0 Å². The molecule has 0 saturated heterocycles. The van der Waals surface area contributed by atoms with E-state index in [9.17, 15) is 12.8 Å². The number of anilines is 3. The number of aromatic amines is 1. The molecule has 0 fully saturated rings. The number of primary sulfonamides is 1. The van der Waals surface area contributed by atoms with Crippen LogP contribution in [0.25, 0.3) is 11.0 Å². The molecular formula is C27H27ClFN7O2S. The Bertz CT molecular complexity index is 1740. The van der Waals surface area contributed by atoms with Crippen molar-refractivity contribution in [2.75, 3.05) is 17.3 Å². The zero-order valence-electron chi connectivity index (χ0n) is 21.2. The fourth-order valence-electron chi connectivity index (χ4n) is 4.17. The van der Waals surface area contributed by atoms with Gasteiger partial charge in [-0.1, -0.05) is 30.3 Å². The quantitative estimate of drug-likeness (QED) is 0.244. The molecule has 39 heavy (non-hydrogen) atoms. The van der Waals surface area contributed by atoms with Crippen LogP contribution in [0.3, 0.4) is 0 Å². The largest absolute Gasteiger partial charge is 0.352 e. The molecule has 2 heterocycles. The van der Waals surface area contributed by atoms with Crippen molar-refractivity contribution in [2.45, 2.75) is 24.8 Å². The first-order chi connectivity index (χ1) is 18.2. The summed E-state index contributed by atoms with van der Waals surface area (Å²) in [6, 6.07) is 18.8. The number of fused-ring (bicyclic) bond motifs is 1. The molecule has 4 N–H and O–H groups in total. The van der Waals surface area contributed by atoms with Crippen LogP contribution in [-0.4, -0.2) is 35.4 Å². The van der Waals surface area contributed by atoms with Gasteiger partial charge in [0.05, 0.1) is 15.9 Å². The second kappa shape index (κ2) is 11.4. The molecule has 202 valence electrons. The maximum absolute atomic E-state index is 14.0. The zero-order valence-corrected chi connectivity index (χ0v) is 22.9. The molecule has 3 aromatic carbocycles. The molecule has 0 saturated carbocycles. The average molecular weight is 568 g/mol. The Hall–Kier alpha value is -4.06. The number of sulfonamides is 1. The maximum atomic E-state index is 14.0. The third kappa shape index (κ3) is 6.33. The SMILES string of the molecule is Cc1cc(N(C)c2ccnc(Cc3cccc(S(N)(=O)=O)c3)n2)cc2nc(NCc3ccccc3F)[nH]c12.Cl. The Morgan fingerprint density at radius 1 is 1.05 bits per heavy atom. The van der Waals surface area contributed by atoms with Gasteiger partial charge in [0.25, 0.3) is 0 Å². The number of H-pyrrole nitrogens is 1. The summed E-state index contributed by atoms with van der Waals surface area (Å²) in [6.07, 6.45) is 2.02. The van der Waals surface area contributed by atoms with Gasteiger partial charge in [-0.15, -0.1) is 12.4 Å². The molecule has 5 aromatic rings. The number of rotatable bonds is 8. The van der Waals surface area contributed by atoms with Crippen LogP contribution in [0.2, 0.25) is 0 Å². The fraction of sp³-hybridized carbons (Fsp3) is 0.148. The monoisotopic (exact) mass is 567 g/mol. The summed E-state index contributed by atoms with van der Waals surface area (Å²) in [5.41, 5.74) is 4.81. The number of aromatic nitrogens is 4. The Morgan fingerprint density at radius 2 is 1.85 bits per heavy atom. The topological polar surface area (TPSA) is 130 Å². The van der Waals surface area contributed by atoms with Crippen LogP contribution >= 0.6 is 12.4 Å². The van der Waals surface area contributed by atoms with Crippen LogP contribution in [0, 0.1) is 12.7 Å². The highest BCUT2D eigenvalue weighted by Gasteiger charge is 2.14. The van der Waals surface area contributed by atoms with E-state index in [1.165, 1.54) is 18.2 Å². The third-order valence-electron chi connectivity index (χ3n) is 6.19. The minimum Gasteiger partial charge on any atom is -0.352 e. The van der Waals surface area contributed by atoms with Gasteiger partial charge < -0.3 is 15.2 Å². The van der Waals surface area contributed by atoms with E-state index in [0.29, 0.717) is 36.1 Å². The molecule has 9 nitrogen and oxygen atoms in total. The van der Waals surface area contributed by atoms with Gasteiger partial charge >= 0.3 is 0 Å². The summed E-state index contributed by atoms with van der Waals surface area (Å²) in [5, 5.41) is 8.41. The van der Waals surface area contributed by atoms with Crippen LogP contribution in [0.1, 0.15) is 22.5 Å². The third-order valence-corrected chi connectivity index (χ3v) is 7.10. The number of nitrogens with zero attached hydrogens (tertiary/aromatic N) is 4. The van der Waals surface area contributed by atoms with Crippen molar-refractivity contribution in [3.63, 3.8) is 0 Å². The summed E-state index contributed by atoms with van der Waals surface area (Å²) in [5.74, 6) is 1.50. The van der Waals surface area contributed by atoms with E-state index in [2.05, 4.69) is 25.3 Å². The van der Waals surface area contributed by atoms with E-state index in [1.54, 1.807) is 42.6 Å². The Morgan fingerprint density at radius 3 is 2.62 bits per heavy atom. The molecule has 0 unspecified atom stereocenters. The molecule has 0 radical (unpaired) electrons. The molecule has 0 amide bonds. The van der Waals surface area contributed by atoms with E-state index >= 15 is 0 Å². The lowest BCUT2D eigenvalue weighted by Gasteiger charge is -2.19. The van der Waals surface area contributed by atoms with Gasteiger partial charge in [0.2, 0.25) is 16.0 Å². The first kappa shape index (κ1) is 28.0. The number of halogens is 2. The standard InChI is InChI=1S/C27H26FN7O2S.ClH/c1-17-12-20(15-23-26(17)34-27(32-23)31-16-19-7-3-4-9-22(19)28)35(2)25-10-11-30-24(33-25)14-18-6-5-8-21(13-18)38(29,36)37;/h3-13,15H,14,16H2,1-2H3,(H2,29,36,37)(H2,31,32,34);1H. The number of nitrogens with two attached hydrogens (primary N) is 1. The van der Waals surface area contributed by atoms with Gasteiger partial charge in [0.1, 0.15) is 17.5 Å². The van der Waals surface area contributed by atoms with Crippen molar-refractivity contribution < 1.29 is 12.8 Å². The lowest BCUT2D eigenvalue weighted by atomic mass is 10.1. The lowest BCUT2D eigenvalue weighted by molar-refractivity contribution is 0.597. The highest BCUT2D eigenvalue weighted by atomic mass is 35.5. The van der Waals surface area contributed by atoms with Crippen LogP contribution < -0.4 is 15.4 Å². The number of hydrogen-bond donors (Lipinski definition) is 3. The maximum Gasteiger partial charge on any atom is 0.238 e. The van der Waals surface area contributed by atoms with Gasteiger partial charge in [0, 0.05) is 37.5 Å². The van der Waals surface area contributed by atoms with E-state index in [0.717, 1.165) is 27.8 Å². The van der Waals surface area contributed by atoms with Crippen LogP contribution in [0.5, 0.6) is 0 Å². The van der Waals surface area contributed by atoms with Crippen molar-refractivity contribution in [1.29, 1.82) is 0 Å². The second-order valence-electron chi connectivity index (χ2n) is 8.95. The van der Waals surface area contributed by atoms with Gasteiger partial charge in [-0.2, -0.15) is 0 Å². The molecule has 0 atom stereocenters. The number of aryl methyl sites for hydroxylation is 1. The normalized spacial score (nSPS) is 11.3. The van der Waals surface area contributed by atoms with Gasteiger partial charge in [-0.3, -0.25) is 0 Å². The van der Waals surface area contributed by atoms with E-state index in [-0.39, 0.29) is 23.1 Å². The molecule has 12 heteroatoms.